The lowest BCUT2D eigenvalue weighted by atomic mass is 10.1. The van der Waals surface area contributed by atoms with E-state index in [1.54, 1.807) is 7.11 Å². The van der Waals surface area contributed by atoms with Gasteiger partial charge < -0.3 is 10.1 Å². The molecule has 0 saturated heterocycles. The van der Waals surface area contributed by atoms with Crippen LogP contribution in [-0.2, 0) is 17.6 Å². The Morgan fingerprint density at radius 1 is 1.05 bits per heavy atom. The van der Waals surface area contributed by atoms with Crippen molar-refractivity contribution >= 4 is 0 Å². The molecule has 4 nitrogen and oxygen atoms in total. The summed E-state index contributed by atoms with van der Waals surface area (Å²) in [5.74, 6) is 0.935. The predicted molar refractivity (Wildman–Crippen MR) is 83.2 cm³/mol. The highest BCUT2D eigenvalue weighted by molar-refractivity contribution is 5.24. The minimum absolute atomic E-state index is 0.156. The highest BCUT2D eigenvalue weighted by Crippen LogP contribution is 2.12. The van der Waals surface area contributed by atoms with Gasteiger partial charge in [0.1, 0.15) is 5.82 Å². The maximum Gasteiger partial charge on any atom is 0.128 e. The summed E-state index contributed by atoms with van der Waals surface area (Å²) in [6, 6.07) is 0. The number of nitrogens with one attached hydrogen (secondary N) is 1. The molecule has 0 unspecified atom stereocenters. The van der Waals surface area contributed by atoms with Crippen LogP contribution >= 0.6 is 0 Å². The molecule has 0 radical (unpaired) electrons. The zero-order valence-electron chi connectivity index (χ0n) is 13.8. The van der Waals surface area contributed by atoms with E-state index in [1.165, 1.54) is 5.56 Å². The van der Waals surface area contributed by atoms with Gasteiger partial charge in [-0.1, -0.05) is 0 Å². The second-order valence-electron chi connectivity index (χ2n) is 6.31. The van der Waals surface area contributed by atoms with E-state index in [1.807, 2.05) is 0 Å². The number of hydrogen-bond donors (Lipinski definition) is 1. The van der Waals surface area contributed by atoms with Crippen molar-refractivity contribution in [2.75, 3.05) is 20.3 Å². The largest absolute Gasteiger partial charge is 0.385 e. The quantitative estimate of drug-likeness (QED) is 0.779. The average Bonchev–Trinajstić information content (AvgIpc) is 2.32. The summed E-state index contributed by atoms with van der Waals surface area (Å²) in [5, 5.41) is 3.51. The van der Waals surface area contributed by atoms with Crippen LogP contribution in [0.25, 0.3) is 0 Å². The van der Waals surface area contributed by atoms with Crippen molar-refractivity contribution in [3.8, 4) is 0 Å². The maximum absolute atomic E-state index is 5.07. The van der Waals surface area contributed by atoms with Gasteiger partial charge >= 0.3 is 0 Å². The molecule has 1 rings (SSSR count). The van der Waals surface area contributed by atoms with Crippen LogP contribution in [0, 0.1) is 13.8 Å². The fraction of sp³-hybridized carbons (Fsp3) is 0.750. The van der Waals surface area contributed by atoms with Crippen LogP contribution < -0.4 is 5.32 Å². The van der Waals surface area contributed by atoms with E-state index >= 15 is 0 Å². The molecule has 1 N–H and O–H groups in total. The first-order chi connectivity index (χ1) is 9.33. The van der Waals surface area contributed by atoms with Gasteiger partial charge in [0, 0.05) is 37.1 Å². The van der Waals surface area contributed by atoms with Gasteiger partial charge in [-0.05, 0) is 59.6 Å². The van der Waals surface area contributed by atoms with Gasteiger partial charge in [-0.15, -0.1) is 0 Å². The first-order valence-electron chi connectivity index (χ1n) is 7.40. The number of rotatable bonds is 7. The molecule has 0 bridgehead atoms. The first-order valence-corrected chi connectivity index (χ1v) is 7.40. The number of ether oxygens (including phenoxy) is 1. The molecule has 20 heavy (non-hydrogen) atoms. The zero-order chi connectivity index (χ0) is 15.2. The van der Waals surface area contributed by atoms with E-state index in [0.717, 1.165) is 49.6 Å². The van der Waals surface area contributed by atoms with Gasteiger partial charge in [0.05, 0.1) is 0 Å². The summed E-state index contributed by atoms with van der Waals surface area (Å²) in [5.41, 5.74) is 3.65. The SMILES string of the molecule is COCCCc1nc(C)c(CCNC(C)(C)C)c(C)n1. The van der Waals surface area contributed by atoms with E-state index in [0.29, 0.717) is 0 Å². The van der Waals surface area contributed by atoms with E-state index in [-0.39, 0.29) is 5.54 Å². The Bertz CT molecular complexity index is 401. The highest BCUT2D eigenvalue weighted by Gasteiger charge is 2.11. The second-order valence-corrected chi connectivity index (χ2v) is 6.31. The van der Waals surface area contributed by atoms with Crippen LogP contribution in [-0.4, -0.2) is 35.8 Å². The predicted octanol–water partition coefficient (Wildman–Crippen LogP) is 2.60. The summed E-state index contributed by atoms with van der Waals surface area (Å²) in [4.78, 5) is 9.25. The minimum Gasteiger partial charge on any atom is -0.385 e. The van der Waals surface area contributed by atoms with Crippen LogP contribution in [0.5, 0.6) is 0 Å². The standard InChI is InChI=1S/C16H29N3O/c1-12-14(9-10-17-16(3,4)5)13(2)19-15(18-12)8-7-11-20-6/h17H,7-11H2,1-6H3. The number of hydrogen-bond acceptors (Lipinski definition) is 4. The molecule has 0 aliphatic carbocycles. The normalized spacial score (nSPS) is 11.9. The smallest absolute Gasteiger partial charge is 0.128 e. The molecule has 0 aliphatic rings. The van der Waals surface area contributed by atoms with Gasteiger partial charge in [-0.3, -0.25) is 0 Å². The molecule has 0 saturated carbocycles. The molecule has 1 aromatic heterocycles. The highest BCUT2D eigenvalue weighted by atomic mass is 16.5. The van der Waals surface area contributed by atoms with E-state index < -0.39 is 0 Å². The summed E-state index contributed by atoms with van der Waals surface area (Å²) in [7, 11) is 1.72. The van der Waals surface area contributed by atoms with Crippen molar-refractivity contribution in [3.63, 3.8) is 0 Å². The molecule has 114 valence electrons. The first kappa shape index (κ1) is 17.1. The van der Waals surface area contributed by atoms with Gasteiger partial charge in [0.25, 0.3) is 0 Å². The summed E-state index contributed by atoms with van der Waals surface area (Å²) in [6.07, 6.45) is 2.84. The topological polar surface area (TPSA) is 47.0 Å². The summed E-state index contributed by atoms with van der Waals surface area (Å²) >= 11 is 0. The summed E-state index contributed by atoms with van der Waals surface area (Å²) < 4.78 is 5.07. The lowest BCUT2D eigenvalue weighted by Gasteiger charge is -2.21. The number of aromatic nitrogens is 2. The number of methoxy groups -OCH3 is 1. The van der Waals surface area contributed by atoms with Crippen molar-refractivity contribution in [2.45, 2.75) is 59.4 Å². The Morgan fingerprint density at radius 2 is 1.65 bits per heavy atom. The molecule has 0 spiro atoms. The molecule has 0 aromatic carbocycles. The molecular weight excluding hydrogens is 250 g/mol. The fourth-order valence-corrected chi connectivity index (χ4v) is 2.22. The van der Waals surface area contributed by atoms with Crippen molar-refractivity contribution in [2.24, 2.45) is 0 Å². The average molecular weight is 279 g/mol. The van der Waals surface area contributed by atoms with Gasteiger partial charge in [0.15, 0.2) is 0 Å². The van der Waals surface area contributed by atoms with Crippen LogP contribution in [0.4, 0.5) is 0 Å². The zero-order valence-corrected chi connectivity index (χ0v) is 13.8. The van der Waals surface area contributed by atoms with E-state index in [4.69, 9.17) is 4.74 Å². The summed E-state index contributed by atoms with van der Waals surface area (Å²) in [6.45, 7) is 12.4. The third-order valence-electron chi connectivity index (χ3n) is 3.25. The second kappa shape index (κ2) is 7.70. The maximum atomic E-state index is 5.07. The fourth-order valence-electron chi connectivity index (χ4n) is 2.22. The van der Waals surface area contributed by atoms with Crippen LogP contribution in [0.15, 0.2) is 0 Å². The van der Waals surface area contributed by atoms with Crippen LogP contribution in [0.1, 0.15) is 50.0 Å². The molecule has 4 heteroatoms. The van der Waals surface area contributed by atoms with Gasteiger partial charge in [0.2, 0.25) is 0 Å². The molecule has 1 heterocycles. The Labute approximate surface area is 123 Å². The molecular formula is C16H29N3O. The molecule has 0 fully saturated rings. The van der Waals surface area contributed by atoms with Crippen molar-refractivity contribution in [1.82, 2.24) is 15.3 Å². The number of nitrogens with zero attached hydrogens (tertiary/aromatic N) is 2. The molecule has 0 atom stereocenters. The third-order valence-corrected chi connectivity index (χ3v) is 3.25. The Hall–Kier alpha value is -1.00. The lowest BCUT2D eigenvalue weighted by Crippen LogP contribution is -2.37. The van der Waals surface area contributed by atoms with Gasteiger partial charge in [-0.25, -0.2) is 9.97 Å². The molecule has 0 aliphatic heterocycles. The van der Waals surface area contributed by atoms with Crippen LogP contribution in [0.2, 0.25) is 0 Å². The van der Waals surface area contributed by atoms with E-state index in [9.17, 15) is 0 Å². The molecule has 1 aromatic rings. The molecule has 0 amide bonds. The van der Waals surface area contributed by atoms with E-state index in [2.05, 4.69) is 49.9 Å². The van der Waals surface area contributed by atoms with Crippen molar-refractivity contribution in [3.05, 3.63) is 22.8 Å². The Morgan fingerprint density at radius 3 is 2.15 bits per heavy atom. The minimum atomic E-state index is 0.156. The lowest BCUT2D eigenvalue weighted by molar-refractivity contribution is 0.194. The Kier molecular flexibility index (Phi) is 6.56. The third kappa shape index (κ3) is 5.97. The number of aryl methyl sites for hydroxylation is 3. The monoisotopic (exact) mass is 279 g/mol. The van der Waals surface area contributed by atoms with Crippen molar-refractivity contribution in [1.29, 1.82) is 0 Å². The van der Waals surface area contributed by atoms with Crippen LogP contribution in [0.3, 0.4) is 0 Å². The Balaban J connectivity index is 2.64. The van der Waals surface area contributed by atoms with Crippen molar-refractivity contribution < 1.29 is 4.74 Å². The van der Waals surface area contributed by atoms with Gasteiger partial charge in [-0.2, -0.15) is 0 Å².